The van der Waals surface area contributed by atoms with Crippen LogP contribution in [0.15, 0.2) is 109 Å². The highest BCUT2D eigenvalue weighted by Crippen LogP contribution is 2.48. The minimum Gasteiger partial charge on any atom is -0.309 e. The molecule has 8 aromatic rings. The molecule has 0 spiro atoms. The molecule has 242 valence electrons. The smallest absolute Gasteiger partial charge is 0.309 e. The molecular weight excluding hydrogens is 660 g/mol. The van der Waals surface area contributed by atoms with Crippen molar-refractivity contribution < 1.29 is 13.2 Å². The fraction of sp³-hybridized carbons (Fsp3) is 0.0238. The molecule has 0 unspecified atom stereocenters. The second-order valence-corrected chi connectivity index (χ2v) is 12.1. The van der Waals surface area contributed by atoms with Crippen LogP contribution in [-0.4, -0.2) is 9.13 Å². The van der Waals surface area contributed by atoms with E-state index in [0.29, 0.717) is 71.4 Å². The Hall–Kier alpha value is -7.84. The van der Waals surface area contributed by atoms with E-state index in [1.165, 1.54) is 45.5 Å². The topological polar surface area (TPSA) is 129 Å². The van der Waals surface area contributed by atoms with Crippen LogP contribution in [0.25, 0.3) is 66.1 Å². The Morgan fingerprint density at radius 1 is 0.442 bits per heavy atom. The summed E-state index contributed by atoms with van der Waals surface area (Å²) >= 11 is 0. The van der Waals surface area contributed by atoms with Crippen LogP contribution in [0, 0.1) is 56.7 Å². The molecule has 0 aliphatic heterocycles. The number of nitriles is 5. The van der Waals surface area contributed by atoms with Gasteiger partial charge < -0.3 is 9.13 Å². The van der Waals surface area contributed by atoms with Crippen LogP contribution in [0.1, 0.15) is 33.4 Å². The average Bonchev–Trinajstić information content (AvgIpc) is 3.67. The van der Waals surface area contributed by atoms with Gasteiger partial charge in [0.15, 0.2) is 0 Å². The van der Waals surface area contributed by atoms with Gasteiger partial charge in [-0.1, -0.05) is 18.2 Å². The summed E-state index contributed by atoms with van der Waals surface area (Å²) in [5.74, 6) is 0. The maximum absolute atomic E-state index is 16.2. The van der Waals surface area contributed by atoms with E-state index in [4.69, 9.17) is 0 Å². The Morgan fingerprint density at radius 3 is 1.25 bits per heavy atom. The Labute approximate surface area is 293 Å². The van der Waals surface area contributed by atoms with Gasteiger partial charge in [0, 0.05) is 27.1 Å². The van der Waals surface area contributed by atoms with E-state index in [1.54, 1.807) is 72.8 Å². The number of rotatable bonds is 3. The van der Waals surface area contributed by atoms with E-state index in [9.17, 15) is 26.3 Å². The first kappa shape index (κ1) is 31.4. The summed E-state index contributed by atoms with van der Waals surface area (Å²) in [5.41, 5.74) is 2.06. The number of fused-ring (bicyclic) bond motifs is 6. The molecule has 0 saturated carbocycles. The Bertz CT molecular complexity index is 2930. The fourth-order valence-corrected chi connectivity index (χ4v) is 7.09. The molecule has 0 saturated heterocycles. The molecule has 52 heavy (non-hydrogen) atoms. The number of hydrogen-bond donors (Lipinski definition) is 0. The van der Waals surface area contributed by atoms with Crippen molar-refractivity contribution in [2.45, 2.75) is 6.18 Å². The summed E-state index contributed by atoms with van der Waals surface area (Å²) in [5, 5.41) is 50.6. The van der Waals surface area contributed by atoms with Gasteiger partial charge in [0.25, 0.3) is 0 Å². The summed E-state index contributed by atoms with van der Waals surface area (Å²) in [6, 6.07) is 38.6. The molecule has 2 heterocycles. The lowest BCUT2D eigenvalue weighted by molar-refractivity contribution is -0.137. The van der Waals surface area contributed by atoms with Gasteiger partial charge in [-0.15, -0.1) is 0 Å². The molecule has 0 aliphatic carbocycles. The quantitative estimate of drug-likeness (QED) is 0.184. The molecule has 6 aromatic carbocycles. The van der Waals surface area contributed by atoms with Crippen molar-refractivity contribution >= 4 is 43.6 Å². The van der Waals surface area contributed by atoms with E-state index in [-0.39, 0.29) is 22.5 Å². The van der Waals surface area contributed by atoms with Crippen LogP contribution in [0.5, 0.6) is 0 Å². The number of alkyl halides is 3. The molecule has 0 fully saturated rings. The number of hydrogen-bond acceptors (Lipinski definition) is 5. The number of benzene rings is 6. The molecule has 8 rings (SSSR count). The van der Waals surface area contributed by atoms with Gasteiger partial charge >= 0.3 is 6.18 Å². The zero-order valence-corrected chi connectivity index (χ0v) is 26.7. The third-order valence-corrected chi connectivity index (χ3v) is 9.25. The van der Waals surface area contributed by atoms with Gasteiger partial charge in [-0.2, -0.15) is 39.5 Å². The highest BCUT2D eigenvalue weighted by molar-refractivity contribution is 6.12. The highest BCUT2D eigenvalue weighted by Gasteiger charge is 2.40. The maximum Gasteiger partial charge on any atom is 0.420 e. The lowest BCUT2D eigenvalue weighted by Gasteiger charge is -2.24. The minimum atomic E-state index is -4.97. The monoisotopic (exact) mass is 677 g/mol. The first-order valence-electron chi connectivity index (χ1n) is 15.7. The first-order chi connectivity index (χ1) is 25.2. The van der Waals surface area contributed by atoms with E-state index >= 15 is 13.2 Å². The van der Waals surface area contributed by atoms with Gasteiger partial charge in [-0.05, 0) is 96.6 Å². The second-order valence-electron chi connectivity index (χ2n) is 12.1. The molecule has 0 atom stereocenters. The minimum absolute atomic E-state index is 0.181. The van der Waals surface area contributed by atoms with E-state index < -0.39 is 11.7 Å². The molecular formula is C42H18F3N7. The third-order valence-electron chi connectivity index (χ3n) is 9.25. The van der Waals surface area contributed by atoms with E-state index in [2.05, 4.69) is 30.3 Å². The van der Waals surface area contributed by atoms with Gasteiger partial charge in [0.05, 0.1) is 91.6 Å². The molecule has 0 amide bonds. The standard InChI is InChI=1S/C42H18F3N7/c43-42(44,45)40-39(51-35-9-4-25(20-47)15-31(35)32-16-26(21-48)5-10-36(32)51)13-8-30(29-3-1-2-24(14-29)19-46)41(40)52-37-11-6-27(22-49)17-33(37)34-18-28(23-50)7-12-38(34)52/h1-18H. The van der Waals surface area contributed by atoms with Crippen molar-refractivity contribution in [1.82, 2.24) is 9.13 Å². The van der Waals surface area contributed by atoms with Crippen LogP contribution in [0.4, 0.5) is 13.2 Å². The Balaban J connectivity index is 1.61. The van der Waals surface area contributed by atoms with Crippen molar-refractivity contribution in [2.75, 3.05) is 0 Å². The van der Waals surface area contributed by atoms with Crippen molar-refractivity contribution in [1.29, 1.82) is 26.3 Å². The predicted octanol–water partition coefficient (Wildman–Crippen LogP) is 9.92. The summed E-state index contributed by atoms with van der Waals surface area (Å²) in [4.78, 5) is 0. The summed E-state index contributed by atoms with van der Waals surface area (Å²) < 4.78 is 51.5. The van der Waals surface area contributed by atoms with E-state index in [1.807, 2.05) is 0 Å². The average molecular weight is 678 g/mol. The van der Waals surface area contributed by atoms with Gasteiger partial charge in [0.1, 0.15) is 5.56 Å². The number of aromatic nitrogens is 2. The maximum atomic E-state index is 16.2. The number of nitrogens with zero attached hydrogens (tertiary/aromatic N) is 7. The molecule has 0 aliphatic rings. The van der Waals surface area contributed by atoms with Crippen LogP contribution < -0.4 is 0 Å². The van der Waals surface area contributed by atoms with Crippen LogP contribution in [0.2, 0.25) is 0 Å². The van der Waals surface area contributed by atoms with Gasteiger partial charge in [-0.3, -0.25) is 0 Å². The van der Waals surface area contributed by atoms with Crippen LogP contribution >= 0.6 is 0 Å². The summed E-state index contributed by atoms with van der Waals surface area (Å²) in [6.45, 7) is 0. The Kier molecular flexibility index (Phi) is 7.04. The number of halogens is 3. The largest absolute Gasteiger partial charge is 0.420 e. The summed E-state index contributed by atoms with van der Waals surface area (Å²) in [7, 11) is 0. The lowest BCUT2D eigenvalue weighted by atomic mass is 9.96. The van der Waals surface area contributed by atoms with Gasteiger partial charge in [-0.25, -0.2) is 0 Å². The van der Waals surface area contributed by atoms with E-state index in [0.717, 1.165) is 0 Å². The van der Waals surface area contributed by atoms with Crippen molar-refractivity contribution in [3.63, 3.8) is 0 Å². The molecule has 2 aromatic heterocycles. The van der Waals surface area contributed by atoms with Crippen molar-refractivity contribution in [3.8, 4) is 52.8 Å². The molecule has 0 N–H and O–H groups in total. The first-order valence-corrected chi connectivity index (χ1v) is 15.7. The molecule has 0 bridgehead atoms. The van der Waals surface area contributed by atoms with Crippen LogP contribution in [0.3, 0.4) is 0 Å². The molecule has 0 radical (unpaired) electrons. The Morgan fingerprint density at radius 2 is 0.846 bits per heavy atom. The van der Waals surface area contributed by atoms with Crippen LogP contribution in [-0.2, 0) is 6.18 Å². The normalized spacial score (nSPS) is 11.3. The second kappa shape index (κ2) is 11.6. The zero-order valence-electron chi connectivity index (χ0n) is 26.7. The highest BCUT2D eigenvalue weighted by atomic mass is 19.4. The third kappa shape index (κ3) is 4.71. The predicted molar refractivity (Wildman–Crippen MR) is 189 cm³/mol. The van der Waals surface area contributed by atoms with Gasteiger partial charge in [0.2, 0.25) is 0 Å². The lowest BCUT2D eigenvalue weighted by Crippen LogP contribution is -2.17. The molecule has 7 nitrogen and oxygen atoms in total. The fourth-order valence-electron chi connectivity index (χ4n) is 7.09. The SMILES string of the molecule is N#Cc1cccc(-c2ccc(-n3c4ccc(C#N)cc4c4cc(C#N)ccc43)c(C(F)(F)F)c2-n2c3ccc(C#N)cc3c3cc(C#N)ccc32)c1. The molecule has 10 heteroatoms. The van der Waals surface area contributed by atoms with Crippen molar-refractivity contribution in [3.05, 3.63) is 143 Å². The summed E-state index contributed by atoms with van der Waals surface area (Å²) in [6.07, 6.45) is -4.97. The zero-order chi connectivity index (χ0) is 36.3. The van der Waals surface area contributed by atoms with Crippen molar-refractivity contribution in [2.24, 2.45) is 0 Å².